The van der Waals surface area contributed by atoms with Gasteiger partial charge < -0.3 is 25.0 Å². The summed E-state index contributed by atoms with van der Waals surface area (Å²) in [6.45, 7) is 7.90. The number of carbonyl (C=O) groups excluding carboxylic acids is 1. The van der Waals surface area contributed by atoms with Gasteiger partial charge >= 0.3 is 0 Å². The Hall–Kier alpha value is -1.99. The van der Waals surface area contributed by atoms with E-state index >= 15 is 0 Å². The zero-order chi connectivity index (χ0) is 24.9. The molecule has 2 N–H and O–H groups in total. The molecule has 0 aliphatic carbocycles. The Morgan fingerprint density at radius 1 is 1.11 bits per heavy atom. The minimum absolute atomic E-state index is 0.00401. The van der Waals surface area contributed by atoms with Crippen LogP contribution < -0.4 is 15.0 Å². The lowest BCUT2D eigenvalue weighted by molar-refractivity contribution is -0.126. The maximum absolute atomic E-state index is 13.3. The van der Waals surface area contributed by atoms with Gasteiger partial charge in [-0.3, -0.25) is 4.79 Å². The quantitative estimate of drug-likeness (QED) is 0.492. The fourth-order valence-corrected chi connectivity index (χ4v) is 5.27. The molecular weight excluding hydrogens is 485 g/mol. The van der Waals surface area contributed by atoms with Crippen LogP contribution in [0.3, 0.4) is 0 Å². The Bertz CT molecular complexity index is 996. The zero-order valence-corrected chi connectivity index (χ0v) is 21.9. The fourth-order valence-electron chi connectivity index (χ4n) is 4.91. The first-order chi connectivity index (χ1) is 16.8. The summed E-state index contributed by atoms with van der Waals surface area (Å²) in [5, 5.41) is 15.7. The second-order valence-electron chi connectivity index (χ2n) is 9.83. The number of anilines is 1. The third-order valence-corrected chi connectivity index (χ3v) is 7.32. The van der Waals surface area contributed by atoms with Gasteiger partial charge in [0.2, 0.25) is 5.91 Å². The first-order valence-electron chi connectivity index (χ1n) is 12.5. The summed E-state index contributed by atoms with van der Waals surface area (Å²) >= 11 is 12.5. The molecule has 0 saturated carbocycles. The highest BCUT2D eigenvalue weighted by Gasteiger charge is 2.33. The Balaban J connectivity index is 1.45. The van der Waals surface area contributed by atoms with Gasteiger partial charge in [-0.15, -0.1) is 0 Å². The van der Waals surface area contributed by atoms with Crippen molar-refractivity contribution in [3.8, 4) is 5.75 Å². The lowest BCUT2D eigenvalue weighted by Gasteiger charge is -2.30. The molecule has 2 fully saturated rings. The predicted molar refractivity (Wildman–Crippen MR) is 142 cm³/mol. The van der Waals surface area contributed by atoms with Gasteiger partial charge in [-0.25, -0.2) is 0 Å². The third-order valence-electron chi connectivity index (χ3n) is 6.77. The molecule has 0 bridgehead atoms. The van der Waals surface area contributed by atoms with E-state index in [1.54, 1.807) is 12.1 Å². The number of aliphatic hydroxyl groups is 1. The monoisotopic (exact) mass is 519 g/mol. The minimum atomic E-state index is -0.876. The molecule has 2 aliphatic heterocycles. The van der Waals surface area contributed by atoms with E-state index in [-0.39, 0.29) is 17.9 Å². The summed E-state index contributed by atoms with van der Waals surface area (Å²) in [5.41, 5.74) is 1.74. The number of rotatable bonds is 9. The van der Waals surface area contributed by atoms with E-state index in [1.165, 1.54) is 0 Å². The number of hydrogen-bond donors (Lipinski definition) is 2. The first-order valence-corrected chi connectivity index (χ1v) is 13.2. The van der Waals surface area contributed by atoms with E-state index in [2.05, 4.69) is 15.1 Å². The number of amides is 1. The van der Waals surface area contributed by atoms with Crippen molar-refractivity contribution < 1.29 is 14.6 Å². The molecule has 2 aromatic rings. The molecule has 190 valence electrons. The summed E-state index contributed by atoms with van der Waals surface area (Å²) in [7, 11) is 0. The van der Waals surface area contributed by atoms with E-state index in [0.29, 0.717) is 34.4 Å². The summed E-state index contributed by atoms with van der Waals surface area (Å²) in [6.07, 6.45) is 2.18. The molecule has 35 heavy (non-hydrogen) atoms. The van der Waals surface area contributed by atoms with Crippen LogP contribution in [0.15, 0.2) is 42.5 Å². The number of hydrogen-bond acceptors (Lipinski definition) is 5. The van der Waals surface area contributed by atoms with Gasteiger partial charge in [-0.1, -0.05) is 29.3 Å². The minimum Gasteiger partial charge on any atom is -0.489 e. The molecule has 8 heteroatoms. The molecule has 2 aromatic carbocycles. The van der Waals surface area contributed by atoms with Gasteiger partial charge in [-0.05, 0) is 88.2 Å². The number of aliphatic hydroxyl groups excluding tert-OH is 1. The molecule has 1 amide bonds. The van der Waals surface area contributed by atoms with Crippen molar-refractivity contribution in [2.24, 2.45) is 5.92 Å². The number of benzene rings is 2. The average molecular weight is 521 g/mol. The van der Waals surface area contributed by atoms with Crippen LogP contribution in [0.2, 0.25) is 10.0 Å². The lowest BCUT2D eigenvalue weighted by atomic mass is 10.00. The highest BCUT2D eigenvalue weighted by Crippen LogP contribution is 2.31. The number of halogens is 2. The molecule has 2 aliphatic rings. The standard InChI is InChI=1S/C27H35Cl2N3O3/c1-18(2)35-25-10-5-19(15-23(25)29)26(33)24(17-31-12-3-4-13-31)30-27(34)20-11-14-32(16-20)22-8-6-21(28)7-9-22/h5-10,15,18,20,24,26,33H,3-4,11-14,16-17H2,1-2H3,(H,30,34)/t20?,24-,26-/m1/s1. The number of carbonyl (C=O) groups is 1. The number of likely N-dealkylation sites (tertiary alicyclic amines) is 1. The van der Waals surface area contributed by atoms with Crippen LogP contribution in [0.4, 0.5) is 5.69 Å². The van der Waals surface area contributed by atoms with Crippen molar-refractivity contribution in [2.75, 3.05) is 37.6 Å². The van der Waals surface area contributed by atoms with Crippen LogP contribution in [-0.4, -0.2) is 60.8 Å². The fraction of sp³-hybridized carbons (Fsp3) is 0.519. The Kier molecular flexibility index (Phi) is 8.82. The third kappa shape index (κ3) is 6.82. The lowest BCUT2D eigenvalue weighted by Crippen LogP contribution is -2.48. The smallest absolute Gasteiger partial charge is 0.225 e. The Labute approximate surface area is 218 Å². The number of ether oxygens (including phenoxy) is 1. The zero-order valence-electron chi connectivity index (χ0n) is 20.4. The Morgan fingerprint density at radius 2 is 1.83 bits per heavy atom. The van der Waals surface area contributed by atoms with Gasteiger partial charge in [0, 0.05) is 30.3 Å². The molecule has 4 rings (SSSR count). The van der Waals surface area contributed by atoms with Crippen LogP contribution >= 0.6 is 23.2 Å². The Morgan fingerprint density at radius 3 is 2.49 bits per heavy atom. The van der Waals surface area contributed by atoms with Gasteiger partial charge in [0.15, 0.2) is 0 Å². The second-order valence-corrected chi connectivity index (χ2v) is 10.7. The summed E-state index contributed by atoms with van der Waals surface area (Å²) in [5.74, 6) is 0.436. The van der Waals surface area contributed by atoms with Gasteiger partial charge in [0.25, 0.3) is 0 Å². The molecule has 0 aromatic heterocycles. The largest absolute Gasteiger partial charge is 0.489 e. The van der Waals surface area contributed by atoms with E-state index in [0.717, 1.165) is 44.6 Å². The second kappa shape index (κ2) is 11.8. The summed E-state index contributed by atoms with van der Waals surface area (Å²) < 4.78 is 5.73. The van der Waals surface area contributed by atoms with E-state index in [9.17, 15) is 9.90 Å². The van der Waals surface area contributed by atoms with Crippen LogP contribution in [-0.2, 0) is 4.79 Å². The molecular formula is C27H35Cl2N3O3. The molecule has 2 saturated heterocycles. The van der Waals surface area contributed by atoms with Crippen LogP contribution in [0.1, 0.15) is 44.8 Å². The van der Waals surface area contributed by atoms with Crippen molar-refractivity contribution in [1.82, 2.24) is 10.2 Å². The van der Waals surface area contributed by atoms with E-state index in [4.69, 9.17) is 27.9 Å². The summed E-state index contributed by atoms with van der Waals surface area (Å²) in [6, 6.07) is 12.6. The van der Waals surface area contributed by atoms with Crippen molar-refractivity contribution in [3.05, 3.63) is 58.1 Å². The highest BCUT2D eigenvalue weighted by atomic mass is 35.5. The highest BCUT2D eigenvalue weighted by molar-refractivity contribution is 6.32. The molecule has 1 unspecified atom stereocenters. The normalized spacial score (nSPS) is 20.3. The SMILES string of the molecule is CC(C)Oc1ccc([C@@H](O)[C@@H](CN2CCCC2)NC(=O)C2CCN(c3ccc(Cl)cc3)C2)cc1Cl. The van der Waals surface area contributed by atoms with Crippen molar-refractivity contribution >= 4 is 34.8 Å². The van der Waals surface area contributed by atoms with Crippen LogP contribution in [0.5, 0.6) is 5.75 Å². The van der Waals surface area contributed by atoms with E-state index in [1.807, 2.05) is 44.2 Å². The topological polar surface area (TPSA) is 65.0 Å². The number of nitrogens with one attached hydrogen (secondary N) is 1. The maximum atomic E-state index is 13.3. The molecule has 2 heterocycles. The maximum Gasteiger partial charge on any atom is 0.225 e. The van der Waals surface area contributed by atoms with Gasteiger partial charge in [-0.2, -0.15) is 0 Å². The molecule has 0 radical (unpaired) electrons. The van der Waals surface area contributed by atoms with Crippen LogP contribution in [0, 0.1) is 5.92 Å². The molecule has 6 nitrogen and oxygen atoms in total. The van der Waals surface area contributed by atoms with Gasteiger partial charge in [0.1, 0.15) is 11.9 Å². The number of nitrogens with zero attached hydrogens (tertiary/aromatic N) is 2. The summed E-state index contributed by atoms with van der Waals surface area (Å²) in [4.78, 5) is 17.8. The van der Waals surface area contributed by atoms with E-state index < -0.39 is 12.1 Å². The predicted octanol–water partition coefficient (Wildman–Crippen LogP) is 4.92. The first kappa shape index (κ1) is 26.1. The van der Waals surface area contributed by atoms with Crippen molar-refractivity contribution in [1.29, 1.82) is 0 Å². The average Bonchev–Trinajstić information content (AvgIpc) is 3.52. The van der Waals surface area contributed by atoms with Crippen molar-refractivity contribution in [3.63, 3.8) is 0 Å². The van der Waals surface area contributed by atoms with Crippen LogP contribution in [0.25, 0.3) is 0 Å². The molecule has 0 spiro atoms. The van der Waals surface area contributed by atoms with Gasteiger partial charge in [0.05, 0.1) is 23.1 Å². The van der Waals surface area contributed by atoms with Crippen molar-refractivity contribution in [2.45, 2.75) is 51.4 Å². The molecule has 3 atom stereocenters.